The lowest BCUT2D eigenvalue weighted by Gasteiger charge is -2.22. The van der Waals surface area contributed by atoms with Gasteiger partial charge in [-0.3, -0.25) is 14.9 Å². The molecule has 0 saturated carbocycles. The smallest absolute Gasteiger partial charge is 0.253 e. The highest BCUT2D eigenvalue weighted by Crippen LogP contribution is 2.20. The van der Waals surface area contributed by atoms with Crippen LogP contribution in [0.15, 0.2) is 48.5 Å². The number of imidazole rings is 1. The van der Waals surface area contributed by atoms with Gasteiger partial charge in [-0.1, -0.05) is 49.7 Å². The number of aromatic nitrogens is 2. The molecule has 0 aliphatic carbocycles. The molecule has 2 amide bonds. The standard InChI is InChI=1S/C21H23ClN4O2/c1-4-26-17-12-8-7-11-16(17)23-21(26)25-20(28)18(13(2)3)24-19(27)14-9-5-6-10-15(14)22/h5-13,18H,4H2,1-3H3,(H,24,27)(H,23,25,28). The molecule has 0 spiro atoms. The summed E-state index contributed by atoms with van der Waals surface area (Å²) in [5.74, 6) is -0.360. The maximum absolute atomic E-state index is 12.9. The summed E-state index contributed by atoms with van der Waals surface area (Å²) in [6.07, 6.45) is 0. The molecule has 0 fully saturated rings. The maximum atomic E-state index is 12.9. The molecule has 3 rings (SSSR count). The summed E-state index contributed by atoms with van der Waals surface area (Å²) in [6.45, 7) is 6.40. The number of rotatable bonds is 6. The number of amides is 2. The Hall–Kier alpha value is -2.86. The van der Waals surface area contributed by atoms with Crippen LogP contribution in [0, 0.1) is 5.92 Å². The maximum Gasteiger partial charge on any atom is 0.253 e. The molecular formula is C21H23ClN4O2. The zero-order valence-electron chi connectivity index (χ0n) is 16.1. The van der Waals surface area contributed by atoms with Crippen molar-refractivity contribution in [3.05, 3.63) is 59.1 Å². The molecule has 1 aromatic heterocycles. The number of halogens is 1. The molecule has 0 aliphatic rings. The zero-order chi connectivity index (χ0) is 20.3. The van der Waals surface area contributed by atoms with E-state index >= 15 is 0 Å². The summed E-state index contributed by atoms with van der Waals surface area (Å²) in [5.41, 5.74) is 2.09. The molecule has 2 aromatic carbocycles. The first-order valence-electron chi connectivity index (χ1n) is 9.24. The molecule has 0 saturated heterocycles. The number of benzene rings is 2. The highest BCUT2D eigenvalue weighted by Gasteiger charge is 2.26. The Balaban J connectivity index is 1.82. The molecule has 0 bridgehead atoms. The van der Waals surface area contributed by atoms with Crippen LogP contribution in [0.2, 0.25) is 5.02 Å². The van der Waals surface area contributed by atoms with E-state index in [0.29, 0.717) is 23.1 Å². The summed E-state index contributed by atoms with van der Waals surface area (Å²) in [7, 11) is 0. The molecular weight excluding hydrogens is 376 g/mol. The first kappa shape index (κ1) is 19.9. The van der Waals surface area contributed by atoms with Crippen LogP contribution in [0.5, 0.6) is 0 Å². The van der Waals surface area contributed by atoms with Crippen molar-refractivity contribution in [2.75, 3.05) is 5.32 Å². The molecule has 3 aromatic rings. The highest BCUT2D eigenvalue weighted by atomic mass is 35.5. The average molecular weight is 399 g/mol. The van der Waals surface area contributed by atoms with Gasteiger partial charge in [-0.25, -0.2) is 4.98 Å². The number of nitrogens with zero attached hydrogens (tertiary/aromatic N) is 2. The van der Waals surface area contributed by atoms with Crippen LogP contribution in [0.25, 0.3) is 11.0 Å². The zero-order valence-corrected chi connectivity index (χ0v) is 16.8. The Kier molecular flexibility index (Phi) is 5.99. The molecule has 0 radical (unpaired) electrons. The normalized spacial score (nSPS) is 12.2. The molecule has 2 N–H and O–H groups in total. The van der Waals surface area contributed by atoms with Gasteiger partial charge in [0.25, 0.3) is 5.91 Å². The first-order chi connectivity index (χ1) is 13.4. The van der Waals surface area contributed by atoms with Crippen LogP contribution >= 0.6 is 11.6 Å². The number of nitrogens with one attached hydrogen (secondary N) is 2. The van der Waals surface area contributed by atoms with Gasteiger partial charge in [0.05, 0.1) is 21.6 Å². The van der Waals surface area contributed by atoms with E-state index in [2.05, 4.69) is 15.6 Å². The summed E-state index contributed by atoms with van der Waals surface area (Å²) in [5, 5.41) is 6.00. The fourth-order valence-corrected chi connectivity index (χ4v) is 3.30. The van der Waals surface area contributed by atoms with Gasteiger partial charge in [0.15, 0.2) is 0 Å². The average Bonchev–Trinajstić information content (AvgIpc) is 3.02. The lowest BCUT2D eigenvalue weighted by atomic mass is 10.0. The van der Waals surface area contributed by atoms with Crippen molar-refractivity contribution in [2.45, 2.75) is 33.4 Å². The van der Waals surface area contributed by atoms with Crippen molar-refractivity contribution in [1.29, 1.82) is 0 Å². The van der Waals surface area contributed by atoms with Crippen LogP contribution < -0.4 is 10.6 Å². The molecule has 0 aliphatic heterocycles. The summed E-state index contributed by atoms with van der Waals surface area (Å²) < 4.78 is 1.93. The van der Waals surface area contributed by atoms with E-state index in [-0.39, 0.29) is 17.7 Å². The first-order valence-corrected chi connectivity index (χ1v) is 9.61. The molecule has 28 heavy (non-hydrogen) atoms. The number of fused-ring (bicyclic) bond motifs is 1. The van der Waals surface area contributed by atoms with Gasteiger partial charge >= 0.3 is 0 Å². The fraction of sp³-hybridized carbons (Fsp3) is 0.286. The SMILES string of the molecule is CCn1c(NC(=O)C(NC(=O)c2ccccc2Cl)C(C)C)nc2ccccc21. The lowest BCUT2D eigenvalue weighted by Crippen LogP contribution is -2.47. The number of carbonyl (C=O) groups excluding carboxylic acids is 2. The van der Waals surface area contributed by atoms with E-state index in [1.165, 1.54) is 0 Å². The number of aryl methyl sites for hydroxylation is 1. The molecule has 6 nitrogen and oxygen atoms in total. The number of hydrogen-bond acceptors (Lipinski definition) is 3. The Bertz CT molecular complexity index is 1010. The van der Waals surface area contributed by atoms with E-state index in [9.17, 15) is 9.59 Å². The van der Waals surface area contributed by atoms with Crippen LogP contribution in [-0.4, -0.2) is 27.4 Å². The third kappa shape index (κ3) is 4.02. The van der Waals surface area contributed by atoms with E-state index in [1.807, 2.05) is 49.6 Å². The third-order valence-electron chi connectivity index (χ3n) is 4.56. The Labute approximate surface area is 168 Å². The van der Waals surface area contributed by atoms with Gasteiger partial charge in [-0.15, -0.1) is 0 Å². The van der Waals surface area contributed by atoms with Crippen molar-refractivity contribution in [3.63, 3.8) is 0 Å². The predicted octanol–water partition coefficient (Wildman–Crippen LogP) is 4.10. The third-order valence-corrected chi connectivity index (χ3v) is 4.89. The number of hydrogen-bond donors (Lipinski definition) is 2. The summed E-state index contributed by atoms with van der Waals surface area (Å²) in [6, 6.07) is 13.7. The van der Waals surface area contributed by atoms with Crippen molar-refractivity contribution in [1.82, 2.24) is 14.9 Å². The summed E-state index contributed by atoms with van der Waals surface area (Å²) in [4.78, 5) is 30.1. The van der Waals surface area contributed by atoms with E-state index in [1.54, 1.807) is 24.3 Å². The van der Waals surface area contributed by atoms with Gasteiger partial charge in [-0.2, -0.15) is 0 Å². The minimum Gasteiger partial charge on any atom is -0.340 e. The second-order valence-electron chi connectivity index (χ2n) is 6.83. The van der Waals surface area contributed by atoms with E-state index < -0.39 is 6.04 Å². The van der Waals surface area contributed by atoms with Gasteiger partial charge in [0.2, 0.25) is 11.9 Å². The quantitative estimate of drug-likeness (QED) is 0.656. The van der Waals surface area contributed by atoms with Gasteiger partial charge in [0.1, 0.15) is 6.04 Å². The van der Waals surface area contributed by atoms with Crippen LogP contribution in [0.1, 0.15) is 31.1 Å². The van der Waals surface area contributed by atoms with Crippen molar-refractivity contribution in [3.8, 4) is 0 Å². The number of para-hydroxylation sites is 2. The van der Waals surface area contributed by atoms with Crippen LogP contribution in [-0.2, 0) is 11.3 Å². The minimum absolute atomic E-state index is 0.120. The van der Waals surface area contributed by atoms with E-state index in [0.717, 1.165) is 11.0 Å². The Morgan fingerprint density at radius 1 is 1.11 bits per heavy atom. The predicted molar refractivity (Wildman–Crippen MR) is 112 cm³/mol. The van der Waals surface area contributed by atoms with Gasteiger partial charge in [-0.05, 0) is 37.1 Å². The molecule has 7 heteroatoms. The minimum atomic E-state index is -0.728. The molecule has 146 valence electrons. The second kappa shape index (κ2) is 8.44. The van der Waals surface area contributed by atoms with Crippen LogP contribution in [0.4, 0.5) is 5.95 Å². The van der Waals surface area contributed by atoms with Crippen LogP contribution in [0.3, 0.4) is 0 Å². The Morgan fingerprint density at radius 2 is 1.79 bits per heavy atom. The van der Waals surface area contributed by atoms with Crippen molar-refractivity contribution < 1.29 is 9.59 Å². The monoisotopic (exact) mass is 398 g/mol. The second-order valence-corrected chi connectivity index (χ2v) is 7.24. The molecule has 1 atom stereocenters. The highest BCUT2D eigenvalue weighted by molar-refractivity contribution is 6.33. The summed E-state index contributed by atoms with van der Waals surface area (Å²) >= 11 is 6.10. The topological polar surface area (TPSA) is 76.0 Å². The van der Waals surface area contributed by atoms with Crippen molar-refractivity contribution in [2.24, 2.45) is 5.92 Å². The Morgan fingerprint density at radius 3 is 2.46 bits per heavy atom. The van der Waals surface area contributed by atoms with Gasteiger partial charge < -0.3 is 9.88 Å². The van der Waals surface area contributed by atoms with Gasteiger partial charge in [0, 0.05) is 6.54 Å². The molecule has 1 heterocycles. The fourth-order valence-electron chi connectivity index (χ4n) is 3.08. The largest absolute Gasteiger partial charge is 0.340 e. The number of carbonyl (C=O) groups is 2. The molecule has 1 unspecified atom stereocenters. The number of anilines is 1. The van der Waals surface area contributed by atoms with Crippen molar-refractivity contribution >= 4 is 40.4 Å². The lowest BCUT2D eigenvalue weighted by molar-refractivity contribution is -0.118. The van der Waals surface area contributed by atoms with E-state index in [4.69, 9.17) is 11.6 Å².